The Morgan fingerprint density at radius 3 is 2.70 bits per heavy atom. The van der Waals surface area contributed by atoms with E-state index >= 15 is 0 Å². The maximum Gasteiger partial charge on any atom is 0.0922 e. The van der Waals surface area contributed by atoms with Crippen molar-refractivity contribution in [2.75, 3.05) is 0 Å². The van der Waals surface area contributed by atoms with Crippen molar-refractivity contribution in [2.45, 2.75) is 70.4 Å². The molecule has 1 aliphatic carbocycles. The van der Waals surface area contributed by atoms with Gasteiger partial charge in [0, 0.05) is 0 Å². The maximum atomic E-state index is 6.45. The Balaban J connectivity index is 1.71. The first-order valence-corrected chi connectivity index (χ1v) is 7.83. The summed E-state index contributed by atoms with van der Waals surface area (Å²) in [5, 5.41) is 0. The van der Waals surface area contributed by atoms with Gasteiger partial charge in [-0.25, -0.2) is 0 Å². The molecule has 0 radical (unpaired) electrons. The molecule has 1 saturated carbocycles. The predicted molar refractivity (Wildman–Crippen MR) is 80.5 cm³/mol. The molecule has 2 heterocycles. The van der Waals surface area contributed by atoms with E-state index in [0.717, 1.165) is 25.2 Å². The smallest absolute Gasteiger partial charge is 0.0922 e. The maximum absolute atomic E-state index is 6.45. The lowest BCUT2D eigenvalue weighted by Crippen LogP contribution is -2.48. The SMILES string of the molecule is CC1(C)CC2CCC(C)(O1)C(OCc1ccccc1)C2. The van der Waals surface area contributed by atoms with Gasteiger partial charge in [-0.3, -0.25) is 0 Å². The molecule has 3 aliphatic rings. The van der Waals surface area contributed by atoms with Crippen LogP contribution in [-0.4, -0.2) is 17.3 Å². The van der Waals surface area contributed by atoms with Gasteiger partial charge < -0.3 is 9.47 Å². The van der Waals surface area contributed by atoms with Crippen molar-refractivity contribution in [2.24, 2.45) is 5.92 Å². The summed E-state index contributed by atoms with van der Waals surface area (Å²) in [7, 11) is 0. The Bertz CT molecular complexity index is 454. The van der Waals surface area contributed by atoms with Gasteiger partial charge in [0.1, 0.15) is 0 Å². The molecule has 4 rings (SSSR count). The molecule has 20 heavy (non-hydrogen) atoms. The quantitative estimate of drug-likeness (QED) is 0.816. The minimum Gasteiger partial charge on any atom is -0.371 e. The van der Waals surface area contributed by atoms with Gasteiger partial charge in [-0.1, -0.05) is 30.3 Å². The average Bonchev–Trinajstić information content (AvgIpc) is 2.57. The van der Waals surface area contributed by atoms with Gasteiger partial charge in [0.05, 0.1) is 23.9 Å². The number of ether oxygens (including phenoxy) is 2. The van der Waals surface area contributed by atoms with Gasteiger partial charge in [0.2, 0.25) is 0 Å². The Morgan fingerprint density at radius 2 is 1.95 bits per heavy atom. The van der Waals surface area contributed by atoms with Crippen molar-refractivity contribution in [1.29, 1.82) is 0 Å². The summed E-state index contributed by atoms with van der Waals surface area (Å²) in [6.07, 6.45) is 4.94. The van der Waals surface area contributed by atoms with Crippen molar-refractivity contribution in [3.63, 3.8) is 0 Å². The first-order chi connectivity index (χ1) is 9.47. The summed E-state index contributed by atoms with van der Waals surface area (Å²) in [6, 6.07) is 10.4. The molecular weight excluding hydrogens is 248 g/mol. The molecular formula is C18H26O2. The van der Waals surface area contributed by atoms with Crippen LogP contribution in [-0.2, 0) is 16.1 Å². The van der Waals surface area contributed by atoms with Gasteiger partial charge in [0.25, 0.3) is 0 Å². The van der Waals surface area contributed by atoms with Crippen molar-refractivity contribution >= 4 is 0 Å². The largest absolute Gasteiger partial charge is 0.371 e. The Morgan fingerprint density at radius 1 is 1.20 bits per heavy atom. The second-order valence-electron chi connectivity index (χ2n) is 7.30. The zero-order valence-corrected chi connectivity index (χ0v) is 12.9. The molecule has 0 amide bonds. The van der Waals surface area contributed by atoms with Gasteiger partial charge in [-0.2, -0.15) is 0 Å². The van der Waals surface area contributed by atoms with E-state index in [4.69, 9.17) is 9.47 Å². The van der Waals surface area contributed by atoms with E-state index < -0.39 is 0 Å². The Hall–Kier alpha value is -0.860. The van der Waals surface area contributed by atoms with Crippen LogP contribution in [0.15, 0.2) is 30.3 Å². The number of hydrogen-bond donors (Lipinski definition) is 0. The standard InChI is InChI=1S/C18H26O2/c1-17(2)12-15-9-10-18(3,20-17)16(11-15)19-13-14-7-5-4-6-8-14/h4-8,15-16H,9-13H2,1-3H3. The van der Waals surface area contributed by atoms with Crippen LogP contribution in [0.25, 0.3) is 0 Å². The van der Waals surface area contributed by atoms with Crippen LogP contribution in [0.1, 0.15) is 52.0 Å². The van der Waals surface area contributed by atoms with E-state index in [1.54, 1.807) is 0 Å². The molecule has 3 unspecified atom stereocenters. The fourth-order valence-electron chi connectivity index (χ4n) is 4.01. The predicted octanol–water partition coefficient (Wildman–Crippen LogP) is 4.33. The van der Waals surface area contributed by atoms with Gasteiger partial charge >= 0.3 is 0 Å². The lowest BCUT2D eigenvalue weighted by atomic mass is 9.77. The highest BCUT2D eigenvalue weighted by atomic mass is 16.6. The van der Waals surface area contributed by atoms with Crippen LogP contribution in [0.5, 0.6) is 0 Å². The highest BCUT2D eigenvalue weighted by Gasteiger charge is 2.49. The average molecular weight is 274 g/mol. The molecule has 0 aromatic heterocycles. The fourth-order valence-corrected chi connectivity index (χ4v) is 4.01. The first kappa shape index (κ1) is 14.1. The van der Waals surface area contributed by atoms with Crippen molar-refractivity contribution < 1.29 is 9.47 Å². The second-order valence-corrected chi connectivity index (χ2v) is 7.30. The molecule has 2 nitrogen and oxygen atoms in total. The fraction of sp³-hybridized carbons (Fsp3) is 0.667. The van der Waals surface area contributed by atoms with Crippen LogP contribution in [0, 0.1) is 5.92 Å². The van der Waals surface area contributed by atoms with Crippen LogP contribution in [0.2, 0.25) is 0 Å². The minimum atomic E-state index is -0.120. The summed E-state index contributed by atoms with van der Waals surface area (Å²) >= 11 is 0. The molecule has 2 bridgehead atoms. The van der Waals surface area contributed by atoms with Crippen LogP contribution in [0.4, 0.5) is 0 Å². The third kappa shape index (κ3) is 2.91. The third-order valence-electron chi connectivity index (χ3n) is 4.86. The number of benzene rings is 1. The van der Waals surface area contributed by atoms with E-state index in [1.807, 2.05) is 6.07 Å². The minimum absolute atomic E-state index is 0.0131. The normalized spacial score (nSPS) is 35.8. The Kier molecular flexibility index (Phi) is 3.64. The molecule has 1 aromatic carbocycles. The first-order valence-electron chi connectivity index (χ1n) is 7.83. The van der Waals surface area contributed by atoms with Crippen molar-refractivity contribution in [1.82, 2.24) is 0 Å². The topological polar surface area (TPSA) is 18.5 Å². The monoisotopic (exact) mass is 274 g/mol. The lowest BCUT2D eigenvalue weighted by Gasteiger charge is -2.42. The van der Waals surface area contributed by atoms with Gasteiger partial charge in [0.15, 0.2) is 0 Å². The van der Waals surface area contributed by atoms with Crippen LogP contribution < -0.4 is 0 Å². The number of rotatable bonds is 3. The van der Waals surface area contributed by atoms with E-state index in [1.165, 1.54) is 12.0 Å². The molecule has 110 valence electrons. The molecule has 0 N–H and O–H groups in total. The molecule has 3 fully saturated rings. The van der Waals surface area contributed by atoms with E-state index in [9.17, 15) is 0 Å². The van der Waals surface area contributed by atoms with E-state index in [0.29, 0.717) is 6.61 Å². The second kappa shape index (κ2) is 5.16. The summed E-state index contributed by atoms with van der Waals surface area (Å²) in [5.74, 6) is 0.751. The van der Waals surface area contributed by atoms with E-state index in [2.05, 4.69) is 45.0 Å². The Labute approximate surface area is 122 Å². The highest BCUT2D eigenvalue weighted by molar-refractivity contribution is 5.13. The van der Waals surface area contributed by atoms with Gasteiger partial charge in [-0.15, -0.1) is 0 Å². The van der Waals surface area contributed by atoms with E-state index in [-0.39, 0.29) is 17.3 Å². The lowest BCUT2D eigenvalue weighted by molar-refractivity contribution is -0.190. The highest BCUT2D eigenvalue weighted by Crippen LogP contribution is 2.47. The zero-order chi connectivity index (χ0) is 14.2. The van der Waals surface area contributed by atoms with Crippen molar-refractivity contribution in [3.8, 4) is 0 Å². The molecule has 2 heteroatoms. The van der Waals surface area contributed by atoms with Gasteiger partial charge in [-0.05, 0) is 57.9 Å². The van der Waals surface area contributed by atoms with Crippen LogP contribution >= 0.6 is 0 Å². The summed E-state index contributed by atoms with van der Waals surface area (Å²) in [4.78, 5) is 0. The summed E-state index contributed by atoms with van der Waals surface area (Å²) in [5.41, 5.74) is 1.11. The third-order valence-corrected chi connectivity index (χ3v) is 4.86. The molecule has 1 aromatic rings. The molecule has 3 atom stereocenters. The number of hydrogen-bond acceptors (Lipinski definition) is 2. The zero-order valence-electron chi connectivity index (χ0n) is 12.9. The molecule has 2 aliphatic heterocycles. The number of fused-ring (bicyclic) bond motifs is 4. The summed E-state index contributed by atoms with van der Waals surface area (Å²) in [6.45, 7) is 7.38. The molecule has 2 saturated heterocycles. The molecule has 0 spiro atoms. The van der Waals surface area contributed by atoms with Crippen LogP contribution in [0.3, 0.4) is 0 Å². The van der Waals surface area contributed by atoms with Crippen molar-refractivity contribution in [3.05, 3.63) is 35.9 Å². The summed E-state index contributed by atoms with van der Waals surface area (Å²) < 4.78 is 12.7.